The van der Waals surface area contributed by atoms with E-state index in [1.807, 2.05) is 0 Å². The van der Waals surface area contributed by atoms with Gasteiger partial charge in [0, 0.05) is 25.6 Å². The molecule has 0 aromatic heterocycles. The van der Waals surface area contributed by atoms with Gasteiger partial charge in [0.25, 0.3) is 0 Å². The maximum atomic E-state index is 12.0. The fourth-order valence-electron chi connectivity index (χ4n) is 3.25. The summed E-state index contributed by atoms with van der Waals surface area (Å²) in [5, 5.41) is 0. The summed E-state index contributed by atoms with van der Waals surface area (Å²) >= 11 is 0. The number of unbranched alkanes of at least 4 members (excludes halogenated alkanes) is 1. The van der Waals surface area contributed by atoms with E-state index < -0.39 is 0 Å². The Balaban J connectivity index is 1.71. The topological polar surface area (TPSA) is 23.6 Å². The first-order chi connectivity index (χ1) is 8.81. The number of carbonyl (C=O) groups is 1. The lowest BCUT2D eigenvalue weighted by Crippen LogP contribution is -2.48. The lowest BCUT2D eigenvalue weighted by atomic mass is 9.99. The summed E-state index contributed by atoms with van der Waals surface area (Å²) in [5.74, 6) is 0.383. The van der Waals surface area contributed by atoms with Crippen LogP contribution in [0.15, 0.2) is 0 Å². The van der Waals surface area contributed by atoms with Crippen LogP contribution in [-0.2, 0) is 4.79 Å². The highest BCUT2D eigenvalue weighted by Crippen LogP contribution is 2.21. The van der Waals surface area contributed by atoms with Crippen molar-refractivity contribution in [3.63, 3.8) is 0 Å². The summed E-state index contributed by atoms with van der Waals surface area (Å²) in [7, 11) is 0. The maximum absolute atomic E-state index is 12.0. The lowest BCUT2D eigenvalue weighted by molar-refractivity contribution is -0.132. The highest BCUT2D eigenvalue weighted by Gasteiger charge is 2.27. The van der Waals surface area contributed by atoms with Crippen LogP contribution in [-0.4, -0.2) is 47.9 Å². The molecule has 0 aromatic carbocycles. The molecule has 0 radical (unpaired) electrons. The van der Waals surface area contributed by atoms with Crippen molar-refractivity contribution in [2.24, 2.45) is 0 Å². The smallest absolute Gasteiger partial charge is 0.222 e. The molecule has 0 N–H and O–H groups in total. The van der Waals surface area contributed by atoms with E-state index in [1.54, 1.807) is 0 Å². The first-order valence-electron chi connectivity index (χ1n) is 7.83. The fraction of sp³-hybridized carbons (Fsp3) is 0.933. The third-order valence-electron chi connectivity index (χ3n) is 4.47. The molecule has 2 aliphatic rings. The average molecular weight is 252 g/mol. The number of hydrogen-bond donors (Lipinski definition) is 0. The summed E-state index contributed by atoms with van der Waals surface area (Å²) in [5.41, 5.74) is 0. The van der Waals surface area contributed by atoms with Crippen LogP contribution in [0.1, 0.15) is 58.3 Å². The molecule has 1 amide bonds. The lowest BCUT2D eigenvalue weighted by Gasteiger charge is -2.40. The highest BCUT2D eigenvalue weighted by molar-refractivity contribution is 5.76. The van der Waals surface area contributed by atoms with Crippen LogP contribution in [0.2, 0.25) is 0 Å². The molecule has 0 saturated carbocycles. The number of amides is 1. The standard InChI is InChI=1S/C15H28N2O/c1-2-3-7-15(18)17-12-8-14(9-13-17)16-10-5-4-6-11-16/h14H,2-13H2,1H3. The molecule has 104 valence electrons. The Morgan fingerprint density at radius 1 is 1.06 bits per heavy atom. The van der Waals surface area contributed by atoms with Gasteiger partial charge in [-0.1, -0.05) is 19.8 Å². The Hall–Kier alpha value is -0.570. The van der Waals surface area contributed by atoms with Gasteiger partial charge in [0.15, 0.2) is 0 Å². The SMILES string of the molecule is CCCCC(=O)N1CCC(N2CCCCC2)CC1. The molecule has 18 heavy (non-hydrogen) atoms. The third kappa shape index (κ3) is 3.71. The van der Waals surface area contributed by atoms with Crippen LogP contribution in [0.4, 0.5) is 0 Å². The second-order valence-electron chi connectivity index (χ2n) is 5.81. The van der Waals surface area contributed by atoms with Gasteiger partial charge >= 0.3 is 0 Å². The predicted molar refractivity (Wildman–Crippen MR) is 74.6 cm³/mol. The first-order valence-corrected chi connectivity index (χ1v) is 7.83. The molecule has 0 unspecified atom stereocenters. The highest BCUT2D eigenvalue weighted by atomic mass is 16.2. The Bertz CT molecular complexity index is 253. The molecule has 0 bridgehead atoms. The first kappa shape index (κ1) is 13.9. The zero-order valence-electron chi connectivity index (χ0n) is 11.9. The number of rotatable bonds is 4. The van der Waals surface area contributed by atoms with Crippen molar-refractivity contribution in [3.8, 4) is 0 Å². The Labute approximate surface area is 112 Å². The molecule has 2 rings (SSSR count). The van der Waals surface area contributed by atoms with E-state index in [1.165, 1.54) is 45.2 Å². The molecule has 2 heterocycles. The Kier molecular flexibility index (Phi) is 5.48. The van der Waals surface area contributed by atoms with Crippen LogP contribution in [0, 0.1) is 0 Å². The average Bonchev–Trinajstić information content (AvgIpc) is 2.46. The zero-order chi connectivity index (χ0) is 12.8. The van der Waals surface area contributed by atoms with Gasteiger partial charge in [0.2, 0.25) is 5.91 Å². The minimum atomic E-state index is 0.383. The third-order valence-corrected chi connectivity index (χ3v) is 4.47. The quantitative estimate of drug-likeness (QED) is 0.768. The van der Waals surface area contributed by atoms with Crippen LogP contribution < -0.4 is 0 Å². The van der Waals surface area contributed by atoms with Crippen molar-refractivity contribution in [3.05, 3.63) is 0 Å². The number of nitrogens with zero attached hydrogens (tertiary/aromatic N) is 2. The van der Waals surface area contributed by atoms with E-state index in [2.05, 4.69) is 16.7 Å². The van der Waals surface area contributed by atoms with Gasteiger partial charge in [0.05, 0.1) is 0 Å². The largest absolute Gasteiger partial charge is 0.343 e. The van der Waals surface area contributed by atoms with E-state index in [4.69, 9.17) is 0 Å². The van der Waals surface area contributed by atoms with Crippen molar-refractivity contribution < 1.29 is 4.79 Å². The van der Waals surface area contributed by atoms with E-state index >= 15 is 0 Å². The molecule has 2 fully saturated rings. The van der Waals surface area contributed by atoms with Gasteiger partial charge in [-0.25, -0.2) is 0 Å². The monoisotopic (exact) mass is 252 g/mol. The second-order valence-corrected chi connectivity index (χ2v) is 5.81. The number of piperidine rings is 2. The molecule has 3 heteroatoms. The Morgan fingerprint density at radius 3 is 2.33 bits per heavy atom. The van der Waals surface area contributed by atoms with Gasteiger partial charge in [0.1, 0.15) is 0 Å². The summed E-state index contributed by atoms with van der Waals surface area (Å²) < 4.78 is 0. The molecule has 0 spiro atoms. The van der Waals surface area contributed by atoms with Crippen LogP contribution in [0.5, 0.6) is 0 Å². The van der Waals surface area contributed by atoms with Crippen molar-refractivity contribution in [1.82, 2.24) is 9.80 Å². The summed E-state index contributed by atoms with van der Waals surface area (Å²) in [6.45, 7) is 6.70. The molecular weight excluding hydrogens is 224 g/mol. The summed E-state index contributed by atoms with van der Waals surface area (Å²) in [6.07, 6.45) is 9.46. The minimum Gasteiger partial charge on any atom is -0.343 e. The van der Waals surface area contributed by atoms with E-state index in [9.17, 15) is 4.79 Å². The maximum Gasteiger partial charge on any atom is 0.222 e. The van der Waals surface area contributed by atoms with Crippen molar-refractivity contribution >= 4 is 5.91 Å². The van der Waals surface area contributed by atoms with Gasteiger partial charge in [-0.05, 0) is 45.2 Å². The molecule has 0 atom stereocenters. The van der Waals surface area contributed by atoms with E-state index in [0.717, 1.165) is 38.4 Å². The van der Waals surface area contributed by atoms with Crippen molar-refractivity contribution in [2.45, 2.75) is 64.3 Å². The van der Waals surface area contributed by atoms with Crippen molar-refractivity contribution in [1.29, 1.82) is 0 Å². The molecule has 3 nitrogen and oxygen atoms in total. The van der Waals surface area contributed by atoms with Crippen LogP contribution >= 0.6 is 0 Å². The molecule has 0 aliphatic carbocycles. The predicted octanol–water partition coefficient (Wildman–Crippen LogP) is 2.65. The number of carbonyl (C=O) groups excluding carboxylic acids is 1. The summed E-state index contributed by atoms with van der Waals surface area (Å²) in [6, 6.07) is 0.750. The fourth-order valence-corrected chi connectivity index (χ4v) is 3.25. The van der Waals surface area contributed by atoms with Crippen LogP contribution in [0.25, 0.3) is 0 Å². The van der Waals surface area contributed by atoms with E-state index in [0.29, 0.717) is 5.91 Å². The van der Waals surface area contributed by atoms with Crippen LogP contribution in [0.3, 0.4) is 0 Å². The summed E-state index contributed by atoms with van der Waals surface area (Å²) in [4.78, 5) is 16.7. The Morgan fingerprint density at radius 2 is 1.72 bits per heavy atom. The molecule has 0 aromatic rings. The van der Waals surface area contributed by atoms with E-state index in [-0.39, 0.29) is 0 Å². The normalized spacial score (nSPS) is 23.3. The van der Waals surface area contributed by atoms with Gasteiger partial charge in [-0.3, -0.25) is 4.79 Å². The van der Waals surface area contributed by atoms with Gasteiger partial charge in [-0.2, -0.15) is 0 Å². The molecular formula is C15H28N2O. The molecule has 2 saturated heterocycles. The van der Waals surface area contributed by atoms with Gasteiger partial charge < -0.3 is 9.80 Å². The number of hydrogen-bond acceptors (Lipinski definition) is 2. The zero-order valence-corrected chi connectivity index (χ0v) is 11.9. The van der Waals surface area contributed by atoms with Crippen molar-refractivity contribution in [2.75, 3.05) is 26.2 Å². The minimum absolute atomic E-state index is 0.383. The number of likely N-dealkylation sites (tertiary alicyclic amines) is 2. The van der Waals surface area contributed by atoms with Gasteiger partial charge in [-0.15, -0.1) is 0 Å². The second kappa shape index (κ2) is 7.13. The molecule has 2 aliphatic heterocycles.